The molecule has 1 aliphatic rings. The van der Waals surface area contributed by atoms with Gasteiger partial charge in [0.25, 0.3) is 0 Å². The Bertz CT molecular complexity index is 781. The van der Waals surface area contributed by atoms with E-state index >= 15 is 0 Å². The number of nitrogens with zero attached hydrogens (tertiary/aromatic N) is 3. The Kier molecular flexibility index (Phi) is 3.71. The summed E-state index contributed by atoms with van der Waals surface area (Å²) in [6.45, 7) is 2.93. The molecule has 1 amide bonds. The molecule has 1 aromatic carbocycles. The second kappa shape index (κ2) is 5.34. The molecule has 0 saturated heterocycles. The summed E-state index contributed by atoms with van der Waals surface area (Å²) in [6, 6.07) is 12.7. The second-order valence-electron chi connectivity index (χ2n) is 5.12. The van der Waals surface area contributed by atoms with Gasteiger partial charge in [0.15, 0.2) is 11.8 Å². The number of allylic oxidation sites excluding steroid dienone is 1. The van der Waals surface area contributed by atoms with E-state index in [9.17, 15) is 20.5 Å². The van der Waals surface area contributed by atoms with Crippen molar-refractivity contribution in [3.63, 3.8) is 0 Å². The lowest BCUT2D eigenvalue weighted by Gasteiger charge is -2.32. The van der Waals surface area contributed by atoms with E-state index in [2.05, 4.69) is 0 Å². The number of carbonyl (C=O) groups is 1. The largest absolute Gasteiger partial charge is 0.622 e. The molecule has 110 valence electrons. The first-order chi connectivity index (χ1) is 10.4. The van der Waals surface area contributed by atoms with Crippen LogP contribution in [0.4, 0.5) is 0 Å². The number of amides is 1. The summed E-state index contributed by atoms with van der Waals surface area (Å²) in [7, 11) is 0. The minimum Gasteiger partial charge on any atom is -0.622 e. The molecule has 0 unspecified atom stereocenters. The molecule has 0 radical (unpaired) electrons. The summed E-state index contributed by atoms with van der Waals surface area (Å²) in [4.78, 5) is 11.8. The predicted molar refractivity (Wildman–Crippen MR) is 79.3 cm³/mol. The summed E-state index contributed by atoms with van der Waals surface area (Å²) in [5.74, 6) is -1.68. The van der Waals surface area contributed by atoms with E-state index in [4.69, 9.17) is 5.73 Å². The summed E-state index contributed by atoms with van der Waals surface area (Å²) in [5, 5.41) is 31.5. The average molecular weight is 294 g/mol. The van der Waals surface area contributed by atoms with Crippen LogP contribution < -0.4 is 5.73 Å². The highest BCUT2D eigenvalue weighted by atomic mass is 16.5. The summed E-state index contributed by atoms with van der Waals surface area (Å²) >= 11 is 0. The van der Waals surface area contributed by atoms with Crippen LogP contribution in [0.1, 0.15) is 25.3 Å². The number of primary amides is 1. The highest BCUT2D eigenvalue weighted by Crippen LogP contribution is 2.37. The molecule has 0 fully saturated rings. The molecule has 0 aliphatic carbocycles. The summed E-state index contributed by atoms with van der Waals surface area (Å²) in [5.41, 5.74) is 4.35. The Morgan fingerprint density at radius 3 is 2.36 bits per heavy atom. The van der Waals surface area contributed by atoms with Crippen LogP contribution >= 0.6 is 0 Å². The molecule has 1 aliphatic heterocycles. The minimum atomic E-state index is -2.17. The maximum absolute atomic E-state index is 12.6. The number of rotatable bonds is 2. The molecule has 0 saturated carbocycles. The molecule has 6 heteroatoms. The van der Waals surface area contributed by atoms with Crippen molar-refractivity contribution in [1.29, 1.82) is 10.5 Å². The maximum Gasteiger partial charge on any atom is 0.358 e. The zero-order chi connectivity index (χ0) is 16.5. The Morgan fingerprint density at radius 2 is 1.91 bits per heavy atom. The van der Waals surface area contributed by atoms with Gasteiger partial charge >= 0.3 is 11.4 Å². The molecule has 1 heterocycles. The SMILES string of the molecule is CC1=C(C#N)[C@@H](c2ccccc2)C(C)=[N+]([O-])[C@@]1(C#N)C(N)=O. The zero-order valence-corrected chi connectivity index (χ0v) is 12.2. The quantitative estimate of drug-likeness (QED) is 0.654. The van der Waals surface area contributed by atoms with Crippen LogP contribution in [-0.4, -0.2) is 21.9 Å². The van der Waals surface area contributed by atoms with Crippen LogP contribution in [-0.2, 0) is 4.79 Å². The second-order valence-corrected chi connectivity index (χ2v) is 5.12. The summed E-state index contributed by atoms with van der Waals surface area (Å²) in [6.07, 6.45) is 0. The van der Waals surface area contributed by atoms with Gasteiger partial charge in [0.2, 0.25) is 0 Å². The standard InChI is InChI=1S/C16H14N4O2/c1-10-13(8-17)14(12-6-4-3-5-7-12)11(2)20(22)16(10,9-18)15(19)21/h3-7,14H,1-2H3,(H2,19,21)/t14-,16-/m1/s1. The van der Waals surface area contributed by atoms with Gasteiger partial charge in [0, 0.05) is 12.5 Å². The molecular formula is C16H14N4O2. The Balaban J connectivity index is 2.81. The van der Waals surface area contributed by atoms with Gasteiger partial charge in [-0.1, -0.05) is 30.3 Å². The molecule has 1 aromatic rings. The highest BCUT2D eigenvalue weighted by Gasteiger charge is 2.55. The third-order valence-corrected chi connectivity index (χ3v) is 4.05. The lowest BCUT2D eigenvalue weighted by Crippen LogP contribution is -2.56. The molecule has 0 spiro atoms. The summed E-state index contributed by atoms with van der Waals surface area (Å²) < 4.78 is 0.336. The van der Waals surface area contributed by atoms with Crippen LogP contribution in [0.15, 0.2) is 41.5 Å². The van der Waals surface area contributed by atoms with Gasteiger partial charge in [-0.2, -0.15) is 15.3 Å². The van der Waals surface area contributed by atoms with Gasteiger partial charge in [0.05, 0.1) is 11.6 Å². The van der Waals surface area contributed by atoms with Crippen LogP contribution in [0.5, 0.6) is 0 Å². The number of nitrogens with two attached hydrogens (primary N) is 1. The van der Waals surface area contributed by atoms with E-state index in [0.717, 1.165) is 5.56 Å². The van der Waals surface area contributed by atoms with Gasteiger partial charge < -0.3 is 10.9 Å². The molecule has 0 aromatic heterocycles. The Labute approximate surface area is 128 Å². The number of hydrogen-bond donors (Lipinski definition) is 1. The average Bonchev–Trinajstić information content (AvgIpc) is 2.52. The molecule has 6 nitrogen and oxygen atoms in total. The van der Waals surface area contributed by atoms with Crippen molar-refractivity contribution in [2.45, 2.75) is 25.3 Å². The fourth-order valence-electron chi connectivity index (χ4n) is 2.83. The van der Waals surface area contributed by atoms with Crippen LogP contribution in [0.25, 0.3) is 0 Å². The van der Waals surface area contributed by atoms with E-state index in [0.29, 0.717) is 4.74 Å². The van der Waals surface area contributed by atoms with Crippen LogP contribution in [0.2, 0.25) is 0 Å². The zero-order valence-electron chi connectivity index (χ0n) is 12.2. The first-order valence-electron chi connectivity index (χ1n) is 6.60. The fraction of sp³-hybridized carbons (Fsp3) is 0.250. The minimum absolute atomic E-state index is 0.0828. The lowest BCUT2D eigenvalue weighted by molar-refractivity contribution is -0.507. The Hall–Kier alpha value is -3.12. The lowest BCUT2D eigenvalue weighted by atomic mass is 9.76. The number of benzene rings is 1. The first-order valence-corrected chi connectivity index (χ1v) is 6.60. The molecule has 2 rings (SSSR count). The van der Waals surface area contributed by atoms with Crippen molar-refractivity contribution < 1.29 is 9.53 Å². The highest BCUT2D eigenvalue weighted by molar-refractivity contribution is 5.97. The van der Waals surface area contributed by atoms with E-state index in [-0.39, 0.29) is 16.9 Å². The number of nitriles is 2. The van der Waals surface area contributed by atoms with E-state index < -0.39 is 17.4 Å². The number of hydroxylamine groups is 1. The molecule has 22 heavy (non-hydrogen) atoms. The van der Waals surface area contributed by atoms with Crippen molar-refractivity contribution in [3.05, 3.63) is 52.2 Å². The first kappa shape index (κ1) is 15.3. The van der Waals surface area contributed by atoms with E-state index in [1.807, 2.05) is 12.1 Å². The van der Waals surface area contributed by atoms with Crippen molar-refractivity contribution in [3.8, 4) is 12.1 Å². The maximum atomic E-state index is 12.6. The topological polar surface area (TPSA) is 117 Å². The third kappa shape index (κ3) is 1.86. The van der Waals surface area contributed by atoms with Crippen LogP contribution in [0, 0.1) is 27.9 Å². The third-order valence-electron chi connectivity index (χ3n) is 4.05. The molecule has 2 atom stereocenters. The van der Waals surface area contributed by atoms with Crippen molar-refractivity contribution in [2.75, 3.05) is 0 Å². The van der Waals surface area contributed by atoms with Crippen LogP contribution in [0.3, 0.4) is 0 Å². The van der Waals surface area contributed by atoms with Gasteiger partial charge in [-0.25, -0.2) is 0 Å². The fourth-order valence-corrected chi connectivity index (χ4v) is 2.83. The monoisotopic (exact) mass is 294 g/mol. The van der Waals surface area contributed by atoms with Crippen molar-refractivity contribution in [1.82, 2.24) is 0 Å². The normalized spacial score (nSPS) is 24.6. The smallest absolute Gasteiger partial charge is 0.358 e. The van der Waals surface area contributed by atoms with Gasteiger partial charge in [-0.3, -0.25) is 4.79 Å². The molecule has 0 bridgehead atoms. The number of hydrogen-bond acceptors (Lipinski definition) is 4. The van der Waals surface area contributed by atoms with E-state index in [1.165, 1.54) is 13.8 Å². The Morgan fingerprint density at radius 1 is 1.32 bits per heavy atom. The van der Waals surface area contributed by atoms with Gasteiger partial charge in [0.1, 0.15) is 5.92 Å². The number of carbonyl (C=O) groups excluding carboxylic acids is 1. The van der Waals surface area contributed by atoms with Gasteiger partial charge in [-0.05, 0) is 12.5 Å². The molecular weight excluding hydrogens is 280 g/mol. The predicted octanol–water partition coefficient (Wildman–Crippen LogP) is 1.34. The van der Waals surface area contributed by atoms with Gasteiger partial charge in [-0.15, -0.1) is 0 Å². The van der Waals surface area contributed by atoms with Crippen molar-refractivity contribution >= 4 is 11.6 Å². The van der Waals surface area contributed by atoms with E-state index in [1.54, 1.807) is 30.3 Å². The molecule has 2 N–H and O–H groups in total. The van der Waals surface area contributed by atoms with Crippen molar-refractivity contribution in [2.24, 2.45) is 5.73 Å².